The van der Waals surface area contributed by atoms with Gasteiger partial charge in [-0.2, -0.15) is 0 Å². The van der Waals surface area contributed by atoms with Crippen molar-refractivity contribution in [2.45, 2.75) is 142 Å². The van der Waals surface area contributed by atoms with Gasteiger partial charge in [-0.3, -0.25) is 0 Å². The number of piperidine rings is 2. The molecular formula is C41H64N8O8. The lowest BCUT2D eigenvalue weighted by Gasteiger charge is -2.41. The number of carbonyl (C=O) groups is 4. The Balaban J connectivity index is 1.72. The summed E-state index contributed by atoms with van der Waals surface area (Å²) in [5, 5.41) is 15.4. The molecule has 57 heavy (non-hydrogen) atoms. The highest BCUT2D eigenvalue weighted by Gasteiger charge is 2.35. The summed E-state index contributed by atoms with van der Waals surface area (Å²) in [6, 6.07) is 11.8. The number of benzene rings is 1. The van der Waals surface area contributed by atoms with E-state index >= 15 is 0 Å². The molecule has 0 bridgehead atoms. The molecular weight excluding hydrogens is 732 g/mol. The predicted octanol–water partition coefficient (Wildman–Crippen LogP) is 6.82. The van der Waals surface area contributed by atoms with Crippen molar-refractivity contribution in [1.29, 1.82) is 0 Å². The Kier molecular flexibility index (Phi) is 14.1. The zero-order valence-electron chi connectivity index (χ0n) is 35.7. The number of hydrogen-bond acceptors (Lipinski definition) is 12. The SMILES string of the molecule is CC(C)(C)OC(=O)NC1CC(NC(=O)OC(C)(C)C)CN(c2cc(Nc3ccccc3)nc(N3CC(NC(=O)OC(C)(C)C)CC(NC(=O)OC(C)(C)C)C3)c2)C1. The van der Waals surface area contributed by atoms with Crippen LogP contribution in [0.3, 0.4) is 0 Å². The van der Waals surface area contributed by atoms with Crippen LogP contribution in [0.25, 0.3) is 0 Å². The first-order chi connectivity index (χ1) is 26.3. The second-order valence-electron chi connectivity index (χ2n) is 18.7. The number of carbonyl (C=O) groups excluding carboxylic acids is 4. The second-order valence-corrected chi connectivity index (χ2v) is 18.7. The van der Waals surface area contributed by atoms with E-state index in [4.69, 9.17) is 23.9 Å². The third kappa shape index (κ3) is 16.1. The molecule has 0 aliphatic carbocycles. The molecule has 2 fully saturated rings. The fraction of sp³-hybridized carbons (Fsp3) is 0.634. The van der Waals surface area contributed by atoms with Gasteiger partial charge in [0.15, 0.2) is 0 Å². The highest BCUT2D eigenvalue weighted by Crippen LogP contribution is 2.31. The normalized spacial score (nSPS) is 20.4. The summed E-state index contributed by atoms with van der Waals surface area (Å²) in [5.41, 5.74) is -1.25. The first kappa shape index (κ1) is 44.6. The Labute approximate surface area is 337 Å². The van der Waals surface area contributed by atoms with Gasteiger partial charge >= 0.3 is 24.4 Å². The molecule has 0 spiro atoms. The largest absolute Gasteiger partial charge is 0.444 e. The molecule has 4 atom stereocenters. The topological polar surface area (TPSA) is 185 Å². The van der Waals surface area contributed by atoms with E-state index in [0.717, 1.165) is 11.4 Å². The predicted molar refractivity (Wildman–Crippen MR) is 220 cm³/mol. The fourth-order valence-electron chi connectivity index (χ4n) is 6.49. The van der Waals surface area contributed by atoms with E-state index in [2.05, 4.69) is 31.5 Å². The van der Waals surface area contributed by atoms with Gasteiger partial charge in [0.1, 0.15) is 34.0 Å². The molecule has 16 nitrogen and oxygen atoms in total. The molecule has 316 valence electrons. The minimum atomic E-state index is -0.707. The van der Waals surface area contributed by atoms with Gasteiger partial charge in [0.25, 0.3) is 0 Å². The fourth-order valence-corrected chi connectivity index (χ4v) is 6.49. The minimum Gasteiger partial charge on any atom is -0.444 e. The number of aromatic nitrogens is 1. The third-order valence-corrected chi connectivity index (χ3v) is 8.32. The lowest BCUT2D eigenvalue weighted by molar-refractivity contribution is 0.0452. The monoisotopic (exact) mass is 796 g/mol. The first-order valence-corrected chi connectivity index (χ1v) is 19.6. The van der Waals surface area contributed by atoms with E-state index in [0.29, 0.717) is 50.7 Å². The molecule has 5 N–H and O–H groups in total. The zero-order valence-corrected chi connectivity index (χ0v) is 35.7. The van der Waals surface area contributed by atoms with Crippen molar-refractivity contribution in [2.75, 3.05) is 41.3 Å². The van der Waals surface area contributed by atoms with Crippen LogP contribution in [0, 0.1) is 0 Å². The van der Waals surface area contributed by atoms with Crippen LogP contribution in [0.1, 0.15) is 95.9 Å². The van der Waals surface area contributed by atoms with E-state index < -0.39 is 70.9 Å². The zero-order chi connectivity index (χ0) is 42.3. The van der Waals surface area contributed by atoms with Crippen LogP contribution in [0.15, 0.2) is 42.5 Å². The number of nitrogens with one attached hydrogen (secondary N) is 5. The van der Waals surface area contributed by atoms with Crippen molar-refractivity contribution < 1.29 is 38.1 Å². The molecule has 4 rings (SSSR count). The molecule has 4 unspecified atom stereocenters. The van der Waals surface area contributed by atoms with Gasteiger partial charge in [-0.15, -0.1) is 0 Å². The minimum absolute atomic E-state index is 0.360. The number of alkyl carbamates (subject to hydrolysis) is 4. The summed E-state index contributed by atoms with van der Waals surface area (Å²) in [6.45, 7) is 23.1. The Morgan fingerprint density at radius 2 is 0.895 bits per heavy atom. The molecule has 2 aliphatic heterocycles. The van der Waals surface area contributed by atoms with Crippen LogP contribution in [0.5, 0.6) is 0 Å². The van der Waals surface area contributed by atoms with Gasteiger partial charge in [-0.05, 0) is 108 Å². The lowest BCUT2D eigenvalue weighted by Crippen LogP contribution is -2.58. The van der Waals surface area contributed by atoms with Crippen LogP contribution in [-0.4, -0.2) is 102 Å². The van der Waals surface area contributed by atoms with Crippen molar-refractivity contribution in [1.82, 2.24) is 26.3 Å². The third-order valence-electron chi connectivity index (χ3n) is 8.32. The lowest BCUT2D eigenvalue weighted by atomic mass is 9.99. The molecule has 0 radical (unpaired) electrons. The molecule has 2 aromatic rings. The van der Waals surface area contributed by atoms with E-state index in [1.54, 1.807) is 83.1 Å². The maximum Gasteiger partial charge on any atom is 0.407 e. The van der Waals surface area contributed by atoms with E-state index in [-0.39, 0.29) is 0 Å². The molecule has 2 saturated heterocycles. The number of anilines is 4. The van der Waals surface area contributed by atoms with Crippen LogP contribution in [0.4, 0.5) is 42.2 Å². The highest BCUT2D eigenvalue weighted by atomic mass is 16.6. The summed E-state index contributed by atoms with van der Waals surface area (Å²) >= 11 is 0. The Bertz CT molecular complexity index is 1520. The first-order valence-electron chi connectivity index (χ1n) is 19.6. The summed E-state index contributed by atoms with van der Waals surface area (Å²) in [6.07, 6.45) is -1.41. The van der Waals surface area contributed by atoms with Crippen molar-refractivity contribution in [3.63, 3.8) is 0 Å². The average molecular weight is 797 g/mol. The highest BCUT2D eigenvalue weighted by molar-refractivity contribution is 5.72. The van der Waals surface area contributed by atoms with Gasteiger partial charge in [0, 0.05) is 49.7 Å². The number of ether oxygens (including phenoxy) is 4. The molecule has 1 aromatic heterocycles. The van der Waals surface area contributed by atoms with E-state index in [9.17, 15) is 19.2 Å². The number of pyridine rings is 1. The van der Waals surface area contributed by atoms with Crippen LogP contribution >= 0.6 is 0 Å². The molecule has 1 aromatic carbocycles. The van der Waals surface area contributed by atoms with Crippen molar-refractivity contribution in [2.24, 2.45) is 0 Å². The van der Waals surface area contributed by atoms with E-state index in [1.165, 1.54) is 0 Å². The second kappa shape index (κ2) is 18.0. The summed E-state index contributed by atoms with van der Waals surface area (Å²) in [5.74, 6) is 1.10. The smallest absolute Gasteiger partial charge is 0.407 e. The van der Waals surface area contributed by atoms with Gasteiger partial charge in [0.05, 0.1) is 24.2 Å². The summed E-state index contributed by atoms with van der Waals surface area (Å²) < 4.78 is 22.4. The van der Waals surface area contributed by atoms with Gasteiger partial charge < -0.3 is 55.3 Å². The standard InChI is InChI=1S/C41H64N8O8/c1-38(2,3)54-34(50)43-27-18-28(44-35(51)55-39(4,5)6)23-48(22-27)31-20-32(42-26-16-14-13-15-17-26)47-33(21-31)49-24-29(45-36(52)56-40(7,8)9)19-30(25-49)46-37(53)57-41(10,11)12/h13-17,20-21,27-30H,18-19,22-25H2,1-12H3,(H,42,47)(H,43,50)(H,44,51)(H,45,52)(H,46,53). The summed E-state index contributed by atoms with van der Waals surface area (Å²) in [4.78, 5) is 61.1. The maximum atomic E-state index is 13.0. The Morgan fingerprint density at radius 3 is 1.25 bits per heavy atom. The molecule has 0 saturated carbocycles. The number of amides is 4. The number of nitrogens with zero attached hydrogens (tertiary/aromatic N) is 3. The van der Waals surface area contributed by atoms with Crippen molar-refractivity contribution in [3.8, 4) is 0 Å². The van der Waals surface area contributed by atoms with Gasteiger partial charge in [-0.25, -0.2) is 24.2 Å². The maximum absolute atomic E-state index is 13.0. The van der Waals surface area contributed by atoms with Crippen molar-refractivity contribution in [3.05, 3.63) is 42.5 Å². The van der Waals surface area contributed by atoms with E-state index in [1.807, 2.05) is 47.4 Å². The molecule has 4 amide bonds. The number of rotatable bonds is 8. The summed E-state index contributed by atoms with van der Waals surface area (Å²) in [7, 11) is 0. The average Bonchev–Trinajstić information content (AvgIpc) is 3.01. The van der Waals surface area contributed by atoms with Gasteiger partial charge in [0.2, 0.25) is 0 Å². The number of hydrogen-bond donors (Lipinski definition) is 5. The van der Waals surface area contributed by atoms with Crippen molar-refractivity contribution >= 4 is 47.4 Å². The molecule has 3 heterocycles. The Morgan fingerprint density at radius 1 is 0.544 bits per heavy atom. The molecule has 2 aliphatic rings. The van der Waals surface area contributed by atoms with Gasteiger partial charge in [-0.1, -0.05) is 18.2 Å². The molecule has 16 heteroatoms. The van der Waals surface area contributed by atoms with Crippen LogP contribution < -0.4 is 36.4 Å². The van der Waals surface area contributed by atoms with Crippen LogP contribution in [0.2, 0.25) is 0 Å². The quantitative estimate of drug-likeness (QED) is 0.176. The number of para-hydroxylation sites is 1. The Hall–Kier alpha value is -5.15. The van der Waals surface area contributed by atoms with Crippen LogP contribution in [-0.2, 0) is 18.9 Å².